The Kier molecular flexibility index (Phi) is 4.98. The topological polar surface area (TPSA) is 58.6 Å². The Bertz CT molecular complexity index is 440. The van der Waals surface area contributed by atoms with Crippen LogP contribution in [0.2, 0.25) is 0 Å². The maximum atomic E-state index is 13.3. The zero-order chi connectivity index (χ0) is 12.7. The number of nitrogens with one attached hydrogen (secondary N) is 1. The third-order valence-electron chi connectivity index (χ3n) is 1.93. The quantitative estimate of drug-likeness (QED) is 0.731. The summed E-state index contributed by atoms with van der Waals surface area (Å²) in [5.41, 5.74) is 0.437. The Hall–Kier alpha value is -2.06. The van der Waals surface area contributed by atoms with Crippen molar-refractivity contribution in [2.24, 2.45) is 0 Å². The van der Waals surface area contributed by atoms with Crippen molar-refractivity contribution < 1.29 is 19.0 Å². The average molecular weight is 237 g/mol. The van der Waals surface area contributed by atoms with Crippen LogP contribution in [0, 0.1) is 18.2 Å². The number of ether oxygens (including phenoxy) is 1. The van der Waals surface area contributed by atoms with Crippen LogP contribution in [0.15, 0.2) is 18.2 Å². The molecule has 0 fully saturated rings. The first kappa shape index (κ1) is 13.0. The number of rotatable bonds is 5. The molecule has 2 N–H and O–H groups in total. The van der Waals surface area contributed by atoms with E-state index in [1.54, 1.807) is 0 Å². The van der Waals surface area contributed by atoms with E-state index >= 15 is 0 Å². The van der Waals surface area contributed by atoms with E-state index in [0.29, 0.717) is 5.56 Å². The minimum atomic E-state index is -0.624. The number of hydrogen-bond donors (Lipinski definition) is 2. The molecule has 17 heavy (non-hydrogen) atoms. The maximum Gasteiger partial charge on any atom is 0.258 e. The molecule has 1 aromatic rings. The second-order valence-electron chi connectivity index (χ2n) is 3.19. The molecular weight excluding hydrogens is 225 g/mol. The lowest BCUT2D eigenvalue weighted by molar-refractivity contribution is -0.122. The SMILES string of the molecule is C#CCNC(=O)COc1ccc(CO)cc1F. The molecule has 0 unspecified atom stereocenters. The first-order valence-electron chi connectivity index (χ1n) is 4.89. The van der Waals surface area contributed by atoms with E-state index in [4.69, 9.17) is 16.3 Å². The molecule has 0 radical (unpaired) electrons. The number of amides is 1. The molecule has 4 nitrogen and oxygen atoms in total. The predicted octanol–water partition coefficient (Wildman–Crippen LogP) is 0.446. The van der Waals surface area contributed by atoms with E-state index in [2.05, 4.69) is 11.2 Å². The molecule has 0 aliphatic heterocycles. The smallest absolute Gasteiger partial charge is 0.258 e. The fraction of sp³-hybridized carbons (Fsp3) is 0.250. The number of benzene rings is 1. The van der Waals surface area contributed by atoms with Crippen molar-refractivity contribution in [1.82, 2.24) is 5.32 Å². The number of halogens is 1. The summed E-state index contributed by atoms with van der Waals surface area (Å²) >= 11 is 0. The number of hydrogen-bond acceptors (Lipinski definition) is 3. The molecule has 0 aliphatic rings. The fourth-order valence-corrected chi connectivity index (χ4v) is 1.10. The molecule has 1 rings (SSSR count). The van der Waals surface area contributed by atoms with Crippen LogP contribution in [-0.2, 0) is 11.4 Å². The summed E-state index contributed by atoms with van der Waals surface area (Å²) in [6.45, 7) is -0.453. The summed E-state index contributed by atoms with van der Waals surface area (Å²) in [4.78, 5) is 11.1. The van der Waals surface area contributed by atoms with Crippen LogP contribution in [0.25, 0.3) is 0 Å². The van der Waals surface area contributed by atoms with Crippen LogP contribution in [0.1, 0.15) is 5.56 Å². The second-order valence-corrected chi connectivity index (χ2v) is 3.19. The lowest BCUT2D eigenvalue weighted by Gasteiger charge is -2.07. The van der Waals surface area contributed by atoms with Crippen molar-refractivity contribution >= 4 is 5.91 Å². The normalized spacial score (nSPS) is 9.47. The molecule has 0 spiro atoms. The van der Waals surface area contributed by atoms with Gasteiger partial charge in [-0.3, -0.25) is 4.79 Å². The minimum absolute atomic E-state index is 0.0435. The van der Waals surface area contributed by atoms with Crippen LogP contribution in [0.3, 0.4) is 0 Å². The van der Waals surface area contributed by atoms with Crippen LogP contribution >= 0.6 is 0 Å². The van der Waals surface area contributed by atoms with Gasteiger partial charge < -0.3 is 15.2 Å². The Morgan fingerprint density at radius 2 is 2.35 bits per heavy atom. The standard InChI is InChI=1S/C12H12FNO3/c1-2-5-14-12(16)8-17-11-4-3-9(7-15)6-10(11)13/h1,3-4,6,15H,5,7-8H2,(H,14,16). The van der Waals surface area contributed by atoms with Gasteiger partial charge in [0, 0.05) is 0 Å². The first-order valence-corrected chi connectivity index (χ1v) is 4.89. The summed E-state index contributed by atoms with van der Waals surface area (Å²) < 4.78 is 18.3. The molecule has 0 saturated carbocycles. The molecular formula is C12H12FNO3. The lowest BCUT2D eigenvalue weighted by Crippen LogP contribution is -2.29. The minimum Gasteiger partial charge on any atom is -0.481 e. The summed E-state index contributed by atoms with van der Waals surface area (Å²) in [5.74, 6) is 1.14. The van der Waals surface area contributed by atoms with Crippen molar-refractivity contribution in [3.05, 3.63) is 29.6 Å². The summed E-state index contributed by atoms with van der Waals surface area (Å²) in [6, 6.07) is 4.02. The van der Waals surface area contributed by atoms with Gasteiger partial charge in [-0.05, 0) is 17.7 Å². The highest BCUT2D eigenvalue weighted by molar-refractivity contribution is 5.77. The zero-order valence-electron chi connectivity index (χ0n) is 9.07. The van der Waals surface area contributed by atoms with Crippen molar-refractivity contribution in [3.63, 3.8) is 0 Å². The molecule has 0 aliphatic carbocycles. The van der Waals surface area contributed by atoms with Gasteiger partial charge in [0.05, 0.1) is 13.2 Å². The molecule has 0 bridgehead atoms. The zero-order valence-corrected chi connectivity index (χ0v) is 9.07. The van der Waals surface area contributed by atoms with Gasteiger partial charge in [-0.1, -0.05) is 12.0 Å². The third kappa shape index (κ3) is 4.13. The van der Waals surface area contributed by atoms with E-state index in [1.165, 1.54) is 12.1 Å². The lowest BCUT2D eigenvalue weighted by atomic mass is 10.2. The first-order chi connectivity index (χ1) is 8.17. The highest BCUT2D eigenvalue weighted by Gasteiger charge is 2.07. The predicted molar refractivity (Wildman–Crippen MR) is 59.7 cm³/mol. The van der Waals surface area contributed by atoms with Gasteiger partial charge in [-0.15, -0.1) is 6.42 Å². The molecule has 0 saturated heterocycles. The Morgan fingerprint density at radius 1 is 1.59 bits per heavy atom. The van der Waals surface area contributed by atoms with Gasteiger partial charge in [-0.2, -0.15) is 0 Å². The second kappa shape index (κ2) is 6.51. The monoisotopic (exact) mass is 237 g/mol. The van der Waals surface area contributed by atoms with Crippen molar-refractivity contribution in [3.8, 4) is 18.1 Å². The van der Waals surface area contributed by atoms with E-state index in [1.807, 2.05) is 0 Å². The molecule has 90 valence electrons. The summed E-state index contributed by atoms with van der Waals surface area (Å²) in [7, 11) is 0. The largest absolute Gasteiger partial charge is 0.481 e. The number of aliphatic hydroxyl groups excluding tert-OH is 1. The Balaban J connectivity index is 2.52. The Labute approximate surface area is 98.4 Å². The fourth-order valence-electron chi connectivity index (χ4n) is 1.10. The summed E-state index contributed by atoms with van der Waals surface area (Å²) in [5, 5.41) is 11.2. The maximum absolute atomic E-state index is 13.3. The van der Waals surface area contributed by atoms with Gasteiger partial charge in [0.1, 0.15) is 0 Å². The highest BCUT2D eigenvalue weighted by atomic mass is 19.1. The number of aliphatic hydroxyl groups is 1. The van der Waals surface area contributed by atoms with Crippen molar-refractivity contribution in [1.29, 1.82) is 0 Å². The average Bonchev–Trinajstić information content (AvgIpc) is 2.34. The molecule has 0 aromatic heterocycles. The van der Waals surface area contributed by atoms with E-state index < -0.39 is 11.7 Å². The third-order valence-corrected chi connectivity index (χ3v) is 1.93. The van der Waals surface area contributed by atoms with Crippen molar-refractivity contribution in [2.45, 2.75) is 6.61 Å². The van der Waals surface area contributed by atoms with Gasteiger partial charge in [-0.25, -0.2) is 4.39 Å². The van der Waals surface area contributed by atoms with Crippen LogP contribution < -0.4 is 10.1 Å². The van der Waals surface area contributed by atoms with Gasteiger partial charge in [0.2, 0.25) is 0 Å². The molecule has 1 amide bonds. The van der Waals surface area contributed by atoms with Crippen LogP contribution in [-0.4, -0.2) is 24.2 Å². The molecule has 0 atom stereocenters. The number of terminal acetylenes is 1. The van der Waals surface area contributed by atoms with E-state index in [-0.39, 0.29) is 25.5 Å². The molecule has 0 heterocycles. The van der Waals surface area contributed by atoms with Crippen LogP contribution in [0.4, 0.5) is 4.39 Å². The van der Waals surface area contributed by atoms with Gasteiger partial charge in [0.25, 0.3) is 5.91 Å². The highest BCUT2D eigenvalue weighted by Crippen LogP contribution is 2.18. The van der Waals surface area contributed by atoms with E-state index in [9.17, 15) is 9.18 Å². The molecule has 5 heteroatoms. The number of carbonyl (C=O) groups is 1. The van der Waals surface area contributed by atoms with Gasteiger partial charge in [0.15, 0.2) is 18.2 Å². The van der Waals surface area contributed by atoms with Gasteiger partial charge >= 0.3 is 0 Å². The summed E-state index contributed by atoms with van der Waals surface area (Å²) in [6.07, 6.45) is 4.95. The number of carbonyl (C=O) groups excluding carboxylic acids is 1. The Morgan fingerprint density at radius 3 is 2.94 bits per heavy atom. The van der Waals surface area contributed by atoms with E-state index in [0.717, 1.165) is 6.07 Å². The van der Waals surface area contributed by atoms with Crippen molar-refractivity contribution in [2.75, 3.05) is 13.2 Å². The van der Waals surface area contributed by atoms with Crippen LogP contribution in [0.5, 0.6) is 5.75 Å². The molecule has 1 aromatic carbocycles.